The Balaban J connectivity index is 2.85. The molecule has 16 heavy (non-hydrogen) atoms. The highest BCUT2D eigenvalue weighted by molar-refractivity contribution is 9.10. The molecule has 0 aliphatic rings. The first-order valence-corrected chi connectivity index (χ1v) is 5.75. The molecule has 0 fully saturated rings. The zero-order chi connectivity index (χ0) is 12.1. The third-order valence-corrected chi connectivity index (χ3v) is 3.42. The second-order valence-electron chi connectivity index (χ2n) is 3.41. The van der Waals surface area contributed by atoms with E-state index in [0.717, 1.165) is 15.9 Å². The van der Waals surface area contributed by atoms with Crippen LogP contribution in [0.1, 0.15) is 11.4 Å². The minimum absolute atomic E-state index is 0.222. The number of nitrogens with zero attached hydrogens (tertiary/aromatic N) is 2. The zero-order valence-electron chi connectivity index (χ0n) is 9.38. The van der Waals surface area contributed by atoms with Crippen molar-refractivity contribution in [3.8, 4) is 12.3 Å². The van der Waals surface area contributed by atoms with Gasteiger partial charge in [0.05, 0.1) is 16.7 Å². The highest BCUT2D eigenvalue weighted by atomic mass is 79.9. The van der Waals surface area contributed by atoms with Crippen molar-refractivity contribution >= 4 is 15.9 Å². The van der Waals surface area contributed by atoms with Crippen LogP contribution in [-0.4, -0.2) is 22.6 Å². The summed E-state index contributed by atoms with van der Waals surface area (Å²) in [6.45, 7) is 5.43. The molecule has 1 heterocycles. The summed E-state index contributed by atoms with van der Waals surface area (Å²) >= 11 is 3.41. The van der Waals surface area contributed by atoms with Gasteiger partial charge >= 0.3 is 5.69 Å². The van der Waals surface area contributed by atoms with Gasteiger partial charge in [-0.2, -0.15) is 4.98 Å². The van der Waals surface area contributed by atoms with E-state index in [1.54, 1.807) is 11.5 Å². The van der Waals surface area contributed by atoms with E-state index < -0.39 is 0 Å². The van der Waals surface area contributed by atoms with Crippen molar-refractivity contribution in [3.05, 3.63) is 26.3 Å². The SMILES string of the molecule is C#CCNCCn1c(C)c(Br)c(C)nc1=O. The Kier molecular flexibility index (Phi) is 4.71. The average Bonchev–Trinajstić information content (AvgIpc) is 2.25. The molecule has 5 heteroatoms. The maximum Gasteiger partial charge on any atom is 0.348 e. The zero-order valence-corrected chi connectivity index (χ0v) is 11.0. The smallest absolute Gasteiger partial charge is 0.304 e. The quantitative estimate of drug-likeness (QED) is 0.658. The topological polar surface area (TPSA) is 46.9 Å². The third kappa shape index (κ3) is 2.94. The van der Waals surface area contributed by atoms with E-state index in [4.69, 9.17) is 6.42 Å². The highest BCUT2D eigenvalue weighted by Gasteiger charge is 2.08. The summed E-state index contributed by atoms with van der Waals surface area (Å²) in [6.07, 6.45) is 5.11. The molecule has 0 radical (unpaired) electrons. The van der Waals surface area contributed by atoms with E-state index >= 15 is 0 Å². The lowest BCUT2D eigenvalue weighted by Crippen LogP contribution is -2.31. The summed E-state index contributed by atoms with van der Waals surface area (Å²) in [4.78, 5) is 15.6. The van der Waals surface area contributed by atoms with Crippen molar-refractivity contribution in [1.29, 1.82) is 0 Å². The Morgan fingerprint density at radius 2 is 2.25 bits per heavy atom. The normalized spacial score (nSPS) is 10.1. The van der Waals surface area contributed by atoms with Gasteiger partial charge in [-0.15, -0.1) is 6.42 Å². The second-order valence-corrected chi connectivity index (χ2v) is 4.20. The van der Waals surface area contributed by atoms with Gasteiger partial charge < -0.3 is 5.32 Å². The van der Waals surface area contributed by atoms with Crippen LogP contribution in [0.4, 0.5) is 0 Å². The van der Waals surface area contributed by atoms with E-state index in [1.807, 2.05) is 6.92 Å². The Morgan fingerprint density at radius 1 is 1.56 bits per heavy atom. The molecular formula is C11H14BrN3O. The van der Waals surface area contributed by atoms with E-state index in [1.165, 1.54) is 0 Å². The molecular weight excluding hydrogens is 270 g/mol. The molecule has 0 saturated carbocycles. The third-order valence-electron chi connectivity index (χ3n) is 2.27. The highest BCUT2D eigenvalue weighted by Crippen LogP contribution is 2.16. The van der Waals surface area contributed by atoms with Crippen LogP contribution in [0.15, 0.2) is 9.27 Å². The van der Waals surface area contributed by atoms with Crippen molar-refractivity contribution in [2.24, 2.45) is 0 Å². The van der Waals surface area contributed by atoms with Gasteiger partial charge in [0, 0.05) is 18.8 Å². The van der Waals surface area contributed by atoms with Crippen molar-refractivity contribution in [2.45, 2.75) is 20.4 Å². The van der Waals surface area contributed by atoms with Crippen LogP contribution in [0.25, 0.3) is 0 Å². The van der Waals surface area contributed by atoms with Gasteiger partial charge in [-0.3, -0.25) is 4.57 Å². The van der Waals surface area contributed by atoms with Crippen molar-refractivity contribution in [2.75, 3.05) is 13.1 Å². The number of terminal acetylenes is 1. The maximum absolute atomic E-state index is 11.6. The van der Waals surface area contributed by atoms with Crippen molar-refractivity contribution in [1.82, 2.24) is 14.9 Å². The summed E-state index contributed by atoms with van der Waals surface area (Å²) in [5, 5.41) is 3.03. The first-order chi connectivity index (χ1) is 7.57. The molecule has 0 spiro atoms. The predicted molar refractivity (Wildman–Crippen MR) is 67.4 cm³/mol. The molecule has 1 N–H and O–H groups in total. The van der Waals surface area contributed by atoms with Gasteiger partial charge in [0.2, 0.25) is 0 Å². The second kappa shape index (κ2) is 5.83. The number of halogens is 1. The van der Waals surface area contributed by atoms with Crippen LogP contribution in [0.5, 0.6) is 0 Å². The summed E-state index contributed by atoms with van der Waals surface area (Å²) in [5.41, 5.74) is 1.39. The van der Waals surface area contributed by atoms with Crippen LogP contribution >= 0.6 is 15.9 Å². The van der Waals surface area contributed by atoms with Gasteiger partial charge in [0.15, 0.2) is 0 Å². The number of aryl methyl sites for hydroxylation is 1. The lowest BCUT2D eigenvalue weighted by Gasteiger charge is -2.11. The molecule has 0 aromatic carbocycles. The Labute approximate surface area is 103 Å². The van der Waals surface area contributed by atoms with Crippen molar-refractivity contribution < 1.29 is 0 Å². The predicted octanol–water partition coefficient (Wildman–Crippen LogP) is 0.845. The molecule has 0 aliphatic carbocycles. The number of hydrogen-bond acceptors (Lipinski definition) is 3. The molecule has 4 nitrogen and oxygen atoms in total. The number of nitrogens with one attached hydrogen (secondary N) is 1. The van der Waals surface area contributed by atoms with Gasteiger partial charge in [0.25, 0.3) is 0 Å². The molecule has 86 valence electrons. The molecule has 1 rings (SSSR count). The van der Waals surface area contributed by atoms with Crippen LogP contribution in [0.2, 0.25) is 0 Å². The van der Waals surface area contributed by atoms with Crippen LogP contribution in [0, 0.1) is 26.2 Å². The summed E-state index contributed by atoms with van der Waals surface area (Å²) in [5.74, 6) is 2.48. The van der Waals surface area contributed by atoms with Gasteiger partial charge in [-0.25, -0.2) is 4.79 Å². The molecule has 0 atom stereocenters. The molecule has 0 saturated heterocycles. The van der Waals surface area contributed by atoms with E-state index in [9.17, 15) is 4.79 Å². The fourth-order valence-corrected chi connectivity index (χ4v) is 1.69. The van der Waals surface area contributed by atoms with E-state index in [2.05, 4.69) is 32.2 Å². The Hall–Kier alpha value is -1.12. The molecule has 1 aromatic rings. The van der Waals surface area contributed by atoms with Gasteiger partial charge in [-0.1, -0.05) is 5.92 Å². The van der Waals surface area contributed by atoms with Gasteiger partial charge in [0.1, 0.15) is 0 Å². The van der Waals surface area contributed by atoms with E-state index in [-0.39, 0.29) is 5.69 Å². The molecule has 0 aliphatic heterocycles. The van der Waals surface area contributed by atoms with Crippen LogP contribution in [-0.2, 0) is 6.54 Å². The van der Waals surface area contributed by atoms with Crippen molar-refractivity contribution in [3.63, 3.8) is 0 Å². The number of hydrogen-bond donors (Lipinski definition) is 1. The number of aromatic nitrogens is 2. The van der Waals surface area contributed by atoms with E-state index in [0.29, 0.717) is 19.6 Å². The lowest BCUT2D eigenvalue weighted by molar-refractivity contribution is 0.582. The minimum atomic E-state index is -0.222. The molecule has 0 bridgehead atoms. The first kappa shape index (κ1) is 12.9. The largest absolute Gasteiger partial charge is 0.348 e. The molecule has 1 aromatic heterocycles. The van der Waals surface area contributed by atoms with Crippen LogP contribution in [0.3, 0.4) is 0 Å². The fraction of sp³-hybridized carbons (Fsp3) is 0.455. The molecule has 0 amide bonds. The van der Waals surface area contributed by atoms with Crippen LogP contribution < -0.4 is 11.0 Å². The van der Waals surface area contributed by atoms with Gasteiger partial charge in [-0.05, 0) is 29.8 Å². The minimum Gasteiger partial charge on any atom is -0.304 e. The fourth-order valence-electron chi connectivity index (χ4n) is 1.39. The Bertz CT molecular complexity index is 473. The lowest BCUT2D eigenvalue weighted by atomic mass is 10.3. The first-order valence-electron chi connectivity index (χ1n) is 4.95. The number of rotatable bonds is 4. The summed E-state index contributed by atoms with van der Waals surface area (Å²) in [6, 6.07) is 0. The standard InChI is InChI=1S/C11H14BrN3O/c1-4-5-13-6-7-15-9(3)10(12)8(2)14-11(15)16/h1,13H,5-7H2,2-3H3. The summed E-state index contributed by atoms with van der Waals surface area (Å²) in [7, 11) is 0. The molecule has 0 unspecified atom stereocenters. The maximum atomic E-state index is 11.6. The summed E-state index contributed by atoms with van der Waals surface area (Å²) < 4.78 is 2.50. The Morgan fingerprint density at radius 3 is 2.88 bits per heavy atom. The monoisotopic (exact) mass is 283 g/mol. The average molecular weight is 284 g/mol.